The number of aliphatic hydroxyl groups is 1. The molecule has 0 heterocycles. The average Bonchev–Trinajstić information content (AvgIpc) is 2.79. The van der Waals surface area contributed by atoms with Gasteiger partial charge in [-0.05, 0) is 5.56 Å². The van der Waals surface area contributed by atoms with Gasteiger partial charge in [-0.2, -0.15) is 0 Å². The van der Waals surface area contributed by atoms with Gasteiger partial charge >= 0.3 is 24.0 Å². The van der Waals surface area contributed by atoms with Crippen molar-refractivity contribution < 1.29 is 48.4 Å². The summed E-state index contributed by atoms with van der Waals surface area (Å²) in [4.78, 5) is 60.0. The van der Waals surface area contributed by atoms with Crippen LogP contribution in [0.3, 0.4) is 0 Å². The maximum absolute atomic E-state index is 12.5. The van der Waals surface area contributed by atoms with Crippen LogP contribution in [-0.2, 0) is 40.0 Å². The van der Waals surface area contributed by atoms with Crippen molar-refractivity contribution in [3.63, 3.8) is 0 Å². The van der Waals surface area contributed by atoms with Gasteiger partial charge in [0.05, 0.1) is 20.8 Å². The Morgan fingerprint density at radius 3 is 2.00 bits per heavy atom. The Balaban J connectivity index is 2.85. The van der Waals surface area contributed by atoms with Crippen molar-refractivity contribution >= 4 is 29.9 Å². The van der Waals surface area contributed by atoms with E-state index in [-0.39, 0.29) is 6.61 Å². The lowest BCUT2D eigenvalue weighted by atomic mass is 9.87. The van der Waals surface area contributed by atoms with E-state index in [0.29, 0.717) is 5.56 Å². The molecule has 0 aliphatic rings. The lowest BCUT2D eigenvalue weighted by Crippen LogP contribution is -2.56. The van der Waals surface area contributed by atoms with Gasteiger partial charge in [-0.3, -0.25) is 14.4 Å². The maximum atomic E-state index is 12.5. The van der Waals surface area contributed by atoms with E-state index in [9.17, 15) is 34.2 Å². The molecule has 176 valence electrons. The Morgan fingerprint density at radius 2 is 1.53 bits per heavy atom. The molecule has 12 nitrogen and oxygen atoms in total. The lowest BCUT2D eigenvalue weighted by Gasteiger charge is -2.27. The van der Waals surface area contributed by atoms with Gasteiger partial charge in [0.15, 0.2) is 5.92 Å². The number of methoxy groups -OCH3 is 2. The van der Waals surface area contributed by atoms with Crippen LogP contribution in [0.2, 0.25) is 0 Å². The molecule has 0 bridgehead atoms. The van der Waals surface area contributed by atoms with E-state index < -0.39 is 60.4 Å². The largest absolute Gasteiger partial charge is 0.480 e. The van der Waals surface area contributed by atoms with Crippen LogP contribution in [0.1, 0.15) is 12.5 Å². The Bertz CT molecular complexity index is 798. The summed E-state index contributed by atoms with van der Waals surface area (Å²) in [5.74, 6) is -7.66. The lowest BCUT2D eigenvalue weighted by molar-refractivity contribution is -0.163. The number of carboxylic acid groups (broad SMARTS) is 1. The first-order chi connectivity index (χ1) is 15.2. The van der Waals surface area contributed by atoms with Crippen molar-refractivity contribution in [3.8, 4) is 0 Å². The summed E-state index contributed by atoms with van der Waals surface area (Å²) >= 11 is 0. The van der Waals surface area contributed by atoms with E-state index >= 15 is 0 Å². The fourth-order valence-electron chi connectivity index (χ4n) is 2.74. The topological polar surface area (TPSA) is 178 Å². The molecule has 0 radical (unpaired) electrons. The van der Waals surface area contributed by atoms with Gasteiger partial charge in [0.25, 0.3) is 0 Å². The Labute approximate surface area is 183 Å². The van der Waals surface area contributed by atoms with Gasteiger partial charge in [0, 0.05) is 5.92 Å². The summed E-state index contributed by atoms with van der Waals surface area (Å²) in [7, 11) is 2.01. The second-order valence-electron chi connectivity index (χ2n) is 6.65. The highest BCUT2D eigenvalue weighted by Gasteiger charge is 2.42. The van der Waals surface area contributed by atoms with Crippen LogP contribution < -0.4 is 10.6 Å². The molecule has 0 aliphatic heterocycles. The fourth-order valence-corrected chi connectivity index (χ4v) is 2.74. The van der Waals surface area contributed by atoms with Crippen molar-refractivity contribution in [2.24, 2.45) is 11.8 Å². The molecule has 0 spiro atoms. The van der Waals surface area contributed by atoms with Crippen LogP contribution in [0, 0.1) is 11.8 Å². The molecule has 12 heteroatoms. The highest BCUT2D eigenvalue weighted by Crippen LogP contribution is 2.20. The minimum absolute atomic E-state index is 0.0961. The molecule has 0 aliphatic carbocycles. The zero-order valence-corrected chi connectivity index (χ0v) is 17.8. The number of nitrogens with one attached hydrogen (secondary N) is 2. The van der Waals surface area contributed by atoms with E-state index in [4.69, 9.17) is 4.74 Å². The Morgan fingerprint density at radius 1 is 0.969 bits per heavy atom. The van der Waals surface area contributed by atoms with Gasteiger partial charge in [-0.1, -0.05) is 37.3 Å². The standard InChI is InChI=1S/C20H26N2O10/c1-11(14(18(27)30-2)19(28)31-3)15(17(25)26)22-16(24)13(9-23)21-20(29)32-10-12-7-5-4-6-8-12/h4-8,11,13-15,23H,9-10H2,1-3H3,(H,21,29)(H,22,24)(H,25,26)/t11-,13+,15+/m1/s1. The van der Waals surface area contributed by atoms with Gasteiger partial charge in [0.2, 0.25) is 5.91 Å². The zero-order chi connectivity index (χ0) is 24.3. The Hall–Kier alpha value is -3.67. The number of hydrogen-bond acceptors (Lipinski definition) is 9. The first-order valence-electron chi connectivity index (χ1n) is 9.43. The molecule has 4 N–H and O–H groups in total. The van der Waals surface area contributed by atoms with Crippen molar-refractivity contribution in [3.05, 3.63) is 35.9 Å². The molecule has 1 aromatic rings. The molecule has 32 heavy (non-hydrogen) atoms. The number of hydrogen-bond donors (Lipinski definition) is 4. The second kappa shape index (κ2) is 12.9. The van der Waals surface area contributed by atoms with Gasteiger partial charge in [-0.15, -0.1) is 0 Å². The number of ether oxygens (including phenoxy) is 3. The van der Waals surface area contributed by atoms with Crippen LogP contribution >= 0.6 is 0 Å². The average molecular weight is 454 g/mol. The molecular formula is C20H26N2O10. The molecule has 1 rings (SSSR count). The predicted molar refractivity (Wildman–Crippen MR) is 107 cm³/mol. The molecule has 0 saturated heterocycles. The number of carbonyl (C=O) groups is 5. The van der Waals surface area contributed by atoms with Gasteiger partial charge in [-0.25, -0.2) is 9.59 Å². The van der Waals surface area contributed by atoms with Crippen molar-refractivity contribution in [1.29, 1.82) is 0 Å². The number of aliphatic hydroxyl groups excluding tert-OH is 1. The SMILES string of the molecule is COC(=O)C(C(=O)OC)[C@@H](C)[C@H](NC(=O)[C@H](CO)NC(=O)OCc1ccccc1)C(=O)O. The molecule has 0 aromatic heterocycles. The highest BCUT2D eigenvalue weighted by atomic mass is 16.6. The molecule has 0 fully saturated rings. The third kappa shape index (κ3) is 7.54. The third-order valence-corrected chi connectivity index (χ3v) is 4.53. The molecular weight excluding hydrogens is 428 g/mol. The predicted octanol–water partition coefficient (Wildman–Crippen LogP) is -0.559. The van der Waals surface area contributed by atoms with E-state index in [1.807, 2.05) is 0 Å². The highest BCUT2D eigenvalue weighted by molar-refractivity contribution is 5.96. The smallest absolute Gasteiger partial charge is 0.408 e. The first-order valence-corrected chi connectivity index (χ1v) is 9.43. The molecule has 2 amide bonds. The first kappa shape index (κ1) is 26.4. The van der Waals surface area contributed by atoms with E-state index in [1.165, 1.54) is 6.92 Å². The van der Waals surface area contributed by atoms with Gasteiger partial charge in [0.1, 0.15) is 18.7 Å². The quantitative estimate of drug-likeness (QED) is 0.192. The normalized spacial score (nSPS) is 13.3. The third-order valence-electron chi connectivity index (χ3n) is 4.53. The molecule has 0 saturated carbocycles. The number of carbonyl (C=O) groups excluding carboxylic acids is 4. The maximum Gasteiger partial charge on any atom is 0.408 e. The van der Waals surface area contributed by atoms with Crippen LogP contribution in [0.25, 0.3) is 0 Å². The van der Waals surface area contributed by atoms with Crippen LogP contribution in [0.15, 0.2) is 30.3 Å². The number of alkyl carbamates (subject to hydrolysis) is 1. The molecule has 0 unspecified atom stereocenters. The second-order valence-corrected chi connectivity index (χ2v) is 6.65. The summed E-state index contributed by atoms with van der Waals surface area (Å²) in [6.07, 6.45) is -1.02. The monoisotopic (exact) mass is 454 g/mol. The number of carboxylic acids is 1. The van der Waals surface area contributed by atoms with Crippen LogP contribution in [0.5, 0.6) is 0 Å². The molecule has 1 aromatic carbocycles. The van der Waals surface area contributed by atoms with E-state index in [1.54, 1.807) is 30.3 Å². The number of rotatable bonds is 11. The minimum atomic E-state index is -1.75. The number of benzene rings is 1. The molecule has 3 atom stereocenters. The van der Waals surface area contributed by atoms with E-state index in [2.05, 4.69) is 20.1 Å². The Kier molecular flexibility index (Phi) is 10.6. The van der Waals surface area contributed by atoms with Gasteiger partial charge < -0.3 is 35.1 Å². The van der Waals surface area contributed by atoms with Crippen molar-refractivity contribution in [2.75, 3.05) is 20.8 Å². The summed E-state index contributed by atoms with van der Waals surface area (Å²) in [6, 6.07) is 5.38. The minimum Gasteiger partial charge on any atom is -0.480 e. The van der Waals surface area contributed by atoms with Crippen LogP contribution in [0.4, 0.5) is 4.79 Å². The summed E-state index contributed by atoms with van der Waals surface area (Å²) < 4.78 is 14.0. The number of aliphatic carboxylic acids is 1. The van der Waals surface area contributed by atoms with E-state index in [0.717, 1.165) is 14.2 Å². The number of esters is 2. The summed E-state index contributed by atoms with van der Waals surface area (Å²) in [5, 5.41) is 23.2. The fraction of sp³-hybridized carbons (Fsp3) is 0.450. The van der Waals surface area contributed by atoms with Crippen molar-refractivity contribution in [1.82, 2.24) is 10.6 Å². The zero-order valence-electron chi connectivity index (χ0n) is 17.8. The summed E-state index contributed by atoms with van der Waals surface area (Å²) in [5.41, 5.74) is 0.684. The van der Waals surface area contributed by atoms with Crippen molar-refractivity contribution in [2.45, 2.75) is 25.6 Å². The number of amides is 2. The van der Waals surface area contributed by atoms with Crippen LogP contribution in [-0.4, -0.2) is 73.0 Å². The summed E-state index contributed by atoms with van der Waals surface area (Å²) in [6.45, 7) is 0.263.